The molecular formula is C22H21N5O. The van der Waals surface area contributed by atoms with E-state index >= 15 is 0 Å². The first-order chi connectivity index (χ1) is 13.5. The van der Waals surface area contributed by atoms with Gasteiger partial charge >= 0.3 is 0 Å². The first-order valence-electron chi connectivity index (χ1n) is 9.00. The number of aromatic nitrogens is 2. The van der Waals surface area contributed by atoms with Gasteiger partial charge in [-0.15, -0.1) is 0 Å². The fourth-order valence-electron chi connectivity index (χ4n) is 2.85. The van der Waals surface area contributed by atoms with Crippen molar-refractivity contribution in [3.63, 3.8) is 0 Å². The second kappa shape index (κ2) is 8.31. The summed E-state index contributed by atoms with van der Waals surface area (Å²) in [6.07, 6.45) is 0. The van der Waals surface area contributed by atoms with Crippen LogP contribution in [0.2, 0.25) is 0 Å². The lowest BCUT2D eigenvalue weighted by Crippen LogP contribution is -2.16. The fraction of sp³-hybridized carbons (Fsp3) is 0.182. The largest absolute Gasteiger partial charge is 0.323 e. The van der Waals surface area contributed by atoms with Crippen molar-refractivity contribution in [2.24, 2.45) is 0 Å². The third-order valence-corrected chi connectivity index (χ3v) is 4.21. The van der Waals surface area contributed by atoms with Crippen molar-refractivity contribution < 1.29 is 4.79 Å². The molecule has 6 heteroatoms. The third kappa shape index (κ3) is 4.33. The molecular weight excluding hydrogens is 350 g/mol. The van der Waals surface area contributed by atoms with E-state index in [9.17, 15) is 10.1 Å². The Kier molecular flexibility index (Phi) is 5.66. The van der Waals surface area contributed by atoms with Crippen molar-refractivity contribution in [1.82, 2.24) is 9.97 Å². The smallest absolute Gasteiger partial charge is 0.274 e. The minimum atomic E-state index is -0.310. The molecule has 0 radical (unpaired) electrons. The Balaban J connectivity index is 1.87. The monoisotopic (exact) mass is 371 g/mol. The highest BCUT2D eigenvalue weighted by Crippen LogP contribution is 2.24. The highest BCUT2D eigenvalue weighted by Gasteiger charge is 2.14. The van der Waals surface area contributed by atoms with Crippen molar-refractivity contribution in [1.29, 1.82) is 5.26 Å². The van der Waals surface area contributed by atoms with Crippen LogP contribution in [-0.4, -0.2) is 15.9 Å². The Hall–Kier alpha value is -3.72. The van der Waals surface area contributed by atoms with E-state index in [1.165, 1.54) is 0 Å². The number of nitrogens with zero attached hydrogens (tertiary/aromatic N) is 3. The fourth-order valence-corrected chi connectivity index (χ4v) is 2.85. The maximum absolute atomic E-state index is 12.8. The molecule has 6 nitrogen and oxygen atoms in total. The van der Waals surface area contributed by atoms with Crippen LogP contribution in [-0.2, 0) is 0 Å². The molecule has 0 bridgehead atoms. The van der Waals surface area contributed by atoms with Gasteiger partial charge in [-0.1, -0.05) is 44.2 Å². The number of aryl methyl sites for hydroxylation is 1. The summed E-state index contributed by atoms with van der Waals surface area (Å²) in [6.45, 7) is 5.95. The number of hydrogen-bond donors (Lipinski definition) is 2. The van der Waals surface area contributed by atoms with Gasteiger partial charge in [0.2, 0.25) is 5.95 Å². The number of benzene rings is 2. The number of rotatable bonds is 5. The highest BCUT2D eigenvalue weighted by atomic mass is 16.1. The summed E-state index contributed by atoms with van der Waals surface area (Å²) < 4.78 is 0. The van der Waals surface area contributed by atoms with E-state index in [0.29, 0.717) is 16.9 Å². The maximum Gasteiger partial charge on any atom is 0.274 e. The van der Waals surface area contributed by atoms with Crippen LogP contribution >= 0.6 is 0 Å². The normalized spacial score (nSPS) is 10.4. The van der Waals surface area contributed by atoms with E-state index in [1.807, 2.05) is 30.3 Å². The average Bonchev–Trinajstić information content (AvgIpc) is 2.68. The maximum atomic E-state index is 12.8. The number of carbonyl (C=O) groups is 1. The standard InChI is InChI=1S/C22H21N5O/c1-14(2)17-9-5-7-11-19(17)25-21(28)20-12-15(3)24-22(27-20)26-18-10-6-4-8-16(18)13-23/h4-12,14H,1-3H3,(H,25,28)(H,24,26,27). The minimum Gasteiger partial charge on any atom is -0.323 e. The zero-order valence-corrected chi connectivity index (χ0v) is 16.0. The van der Waals surface area contributed by atoms with Gasteiger partial charge in [0.05, 0.1) is 11.3 Å². The average molecular weight is 371 g/mol. The zero-order valence-electron chi connectivity index (χ0n) is 16.0. The molecule has 0 atom stereocenters. The molecule has 0 aliphatic heterocycles. The van der Waals surface area contributed by atoms with Crippen LogP contribution < -0.4 is 10.6 Å². The van der Waals surface area contributed by atoms with Crippen LogP contribution in [0.3, 0.4) is 0 Å². The number of carbonyl (C=O) groups excluding carboxylic acids is 1. The summed E-state index contributed by atoms with van der Waals surface area (Å²) in [7, 11) is 0. The number of nitriles is 1. The van der Waals surface area contributed by atoms with Gasteiger partial charge in [-0.3, -0.25) is 4.79 Å². The molecule has 3 rings (SSSR count). The van der Waals surface area contributed by atoms with Gasteiger partial charge < -0.3 is 10.6 Å². The first-order valence-corrected chi connectivity index (χ1v) is 9.00. The van der Waals surface area contributed by atoms with E-state index in [2.05, 4.69) is 40.5 Å². The molecule has 1 heterocycles. The molecule has 0 aliphatic rings. The Morgan fingerprint density at radius 3 is 2.43 bits per heavy atom. The Morgan fingerprint density at radius 2 is 1.71 bits per heavy atom. The topological polar surface area (TPSA) is 90.7 Å². The van der Waals surface area contributed by atoms with E-state index < -0.39 is 0 Å². The summed E-state index contributed by atoms with van der Waals surface area (Å²) in [6, 6.07) is 18.5. The second-order valence-electron chi connectivity index (χ2n) is 6.70. The quantitative estimate of drug-likeness (QED) is 0.674. The molecule has 3 aromatic rings. The van der Waals surface area contributed by atoms with Crippen LogP contribution in [0.15, 0.2) is 54.6 Å². The summed E-state index contributed by atoms with van der Waals surface area (Å²) in [5.74, 6) is 0.239. The van der Waals surface area contributed by atoms with Gasteiger partial charge in [-0.25, -0.2) is 9.97 Å². The third-order valence-electron chi connectivity index (χ3n) is 4.21. The molecule has 0 fully saturated rings. The molecule has 140 valence electrons. The predicted octanol–water partition coefficient (Wildman–Crippen LogP) is 4.78. The van der Waals surface area contributed by atoms with Gasteiger partial charge in [-0.2, -0.15) is 5.26 Å². The Labute approximate surface area is 164 Å². The van der Waals surface area contributed by atoms with Crippen LogP contribution in [0.4, 0.5) is 17.3 Å². The van der Waals surface area contributed by atoms with E-state index in [-0.39, 0.29) is 23.5 Å². The van der Waals surface area contributed by atoms with Crippen LogP contribution in [0.5, 0.6) is 0 Å². The molecule has 1 aromatic heterocycles. The molecule has 0 unspecified atom stereocenters. The summed E-state index contributed by atoms with van der Waals surface area (Å²) in [4.78, 5) is 21.4. The first kappa shape index (κ1) is 19.1. The molecule has 0 aliphatic carbocycles. The summed E-state index contributed by atoms with van der Waals surface area (Å²) >= 11 is 0. The number of para-hydroxylation sites is 2. The van der Waals surface area contributed by atoms with Crippen LogP contribution in [0, 0.1) is 18.3 Å². The summed E-state index contributed by atoms with van der Waals surface area (Å²) in [5, 5.41) is 15.2. The highest BCUT2D eigenvalue weighted by molar-refractivity contribution is 6.03. The molecule has 0 spiro atoms. The van der Waals surface area contributed by atoms with Crippen molar-refractivity contribution in [3.05, 3.63) is 77.1 Å². The lowest BCUT2D eigenvalue weighted by molar-refractivity contribution is 0.102. The summed E-state index contributed by atoms with van der Waals surface area (Å²) in [5.41, 5.74) is 3.79. The van der Waals surface area contributed by atoms with E-state index in [0.717, 1.165) is 11.3 Å². The molecule has 28 heavy (non-hydrogen) atoms. The molecule has 2 N–H and O–H groups in total. The van der Waals surface area contributed by atoms with Gasteiger partial charge in [-0.05, 0) is 42.7 Å². The minimum absolute atomic E-state index is 0.253. The van der Waals surface area contributed by atoms with Crippen molar-refractivity contribution in [2.75, 3.05) is 10.6 Å². The van der Waals surface area contributed by atoms with Crippen molar-refractivity contribution >= 4 is 23.2 Å². The van der Waals surface area contributed by atoms with Crippen LogP contribution in [0.1, 0.15) is 47.1 Å². The van der Waals surface area contributed by atoms with Gasteiger partial charge in [0, 0.05) is 11.4 Å². The van der Waals surface area contributed by atoms with Crippen molar-refractivity contribution in [2.45, 2.75) is 26.7 Å². The lowest BCUT2D eigenvalue weighted by atomic mass is 10.0. The Morgan fingerprint density at radius 1 is 1.04 bits per heavy atom. The van der Waals surface area contributed by atoms with Crippen LogP contribution in [0.25, 0.3) is 0 Å². The molecule has 0 saturated heterocycles. The lowest BCUT2D eigenvalue weighted by Gasteiger charge is -2.14. The number of amides is 1. The van der Waals surface area contributed by atoms with Gasteiger partial charge in [0.1, 0.15) is 11.8 Å². The molecule has 0 saturated carbocycles. The molecule has 1 amide bonds. The zero-order chi connectivity index (χ0) is 20.1. The number of anilines is 3. The van der Waals surface area contributed by atoms with E-state index in [1.54, 1.807) is 31.2 Å². The van der Waals surface area contributed by atoms with Crippen molar-refractivity contribution in [3.8, 4) is 6.07 Å². The number of nitrogens with one attached hydrogen (secondary N) is 2. The van der Waals surface area contributed by atoms with Gasteiger partial charge in [0.15, 0.2) is 0 Å². The second-order valence-corrected chi connectivity index (χ2v) is 6.70. The molecule has 2 aromatic carbocycles. The number of hydrogen-bond acceptors (Lipinski definition) is 5. The SMILES string of the molecule is Cc1cc(C(=O)Nc2ccccc2C(C)C)nc(Nc2ccccc2C#N)n1. The Bertz CT molecular complexity index is 1050. The van der Waals surface area contributed by atoms with Gasteiger partial charge in [0.25, 0.3) is 5.91 Å². The van der Waals surface area contributed by atoms with E-state index in [4.69, 9.17) is 0 Å². The predicted molar refractivity (Wildman–Crippen MR) is 110 cm³/mol.